The van der Waals surface area contributed by atoms with Crippen LogP contribution in [0.3, 0.4) is 0 Å². The van der Waals surface area contributed by atoms with Crippen LogP contribution < -0.4 is 10.6 Å². The third-order valence-corrected chi connectivity index (χ3v) is 3.37. The van der Waals surface area contributed by atoms with Gasteiger partial charge in [-0.2, -0.15) is 4.98 Å². The zero-order valence-corrected chi connectivity index (χ0v) is 13.0. The summed E-state index contributed by atoms with van der Waals surface area (Å²) in [6, 6.07) is 15.9. The van der Waals surface area contributed by atoms with Crippen LogP contribution in [-0.4, -0.2) is 9.97 Å². The van der Waals surface area contributed by atoms with Gasteiger partial charge in [-0.05, 0) is 36.4 Å². The molecule has 1 heterocycles. The fourth-order valence-electron chi connectivity index (χ4n) is 1.89. The van der Waals surface area contributed by atoms with Crippen molar-refractivity contribution >= 4 is 39.1 Å². The Bertz CT molecular complexity index is 794. The summed E-state index contributed by atoms with van der Waals surface area (Å²) in [5.74, 6) is 0.591. The first-order chi connectivity index (χ1) is 10.7. The van der Waals surface area contributed by atoms with Crippen molar-refractivity contribution in [2.75, 3.05) is 10.6 Å². The number of nitrogens with one attached hydrogen (secondary N) is 2. The molecule has 0 bridgehead atoms. The van der Waals surface area contributed by atoms with Crippen LogP contribution in [0.15, 0.2) is 65.3 Å². The van der Waals surface area contributed by atoms with E-state index < -0.39 is 0 Å². The highest BCUT2D eigenvalue weighted by atomic mass is 79.9. The Kier molecular flexibility index (Phi) is 4.29. The highest BCUT2D eigenvalue weighted by Crippen LogP contribution is 2.21. The molecule has 2 aromatic carbocycles. The lowest BCUT2D eigenvalue weighted by Gasteiger charge is -2.09. The first kappa shape index (κ1) is 14.5. The van der Waals surface area contributed by atoms with Crippen molar-refractivity contribution in [1.82, 2.24) is 9.97 Å². The van der Waals surface area contributed by atoms with E-state index in [-0.39, 0.29) is 5.82 Å². The lowest BCUT2D eigenvalue weighted by atomic mass is 10.3. The van der Waals surface area contributed by atoms with Crippen molar-refractivity contribution in [2.45, 2.75) is 0 Å². The minimum atomic E-state index is -0.351. The molecule has 0 aliphatic heterocycles. The van der Waals surface area contributed by atoms with Gasteiger partial charge in [-0.1, -0.05) is 34.1 Å². The summed E-state index contributed by atoms with van der Waals surface area (Å²) in [5.41, 5.74) is 1.23. The molecule has 110 valence electrons. The molecule has 0 aliphatic rings. The monoisotopic (exact) mass is 358 g/mol. The zero-order valence-electron chi connectivity index (χ0n) is 11.4. The third kappa shape index (κ3) is 3.59. The number of aromatic nitrogens is 2. The maximum absolute atomic E-state index is 13.6. The molecule has 0 amide bonds. The standard InChI is InChI=1S/C16H12BrFN4/c17-11-4-3-5-12(10-11)20-15-8-9-19-16(22-15)21-14-7-2-1-6-13(14)18/h1-10H,(H2,19,20,21,22). The van der Waals surface area contributed by atoms with Crippen LogP contribution in [0, 0.1) is 5.82 Å². The minimum Gasteiger partial charge on any atom is -0.340 e. The van der Waals surface area contributed by atoms with Crippen molar-refractivity contribution in [1.29, 1.82) is 0 Å². The molecule has 3 rings (SSSR count). The van der Waals surface area contributed by atoms with Crippen LogP contribution in [0.4, 0.5) is 27.5 Å². The molecule has 0 radical (unpaired) electrons. The smallest absolute Gasteiger partial charge is 0.229 e. The fraction of sp³-hybridized carbons (Fsp3) is 0. The quantitative estimate of drug-likeness (QED) is 0.698. The second-order valence-corrected chi connectivity index (χ2v) is 5.42. The molecule has 0 unspecified atom stereocenters. The summed E-state index contributed by atoms with van der Waals surface area (Å²) in [4.78, 5) is 8.42. The predicted molar refractivity (Wildman–Crippen MR) is 89.1 cm³/mol. The molecule has 0 saturated carbocycles. The molecule has 2 N–H and O–H groups in total. The molecule has 6 heteroatoms. The van der Waals surface area contributed by atoms with Crippen LogP contribution in [0.5, 0.6) is 0 Å². The summed E-state index contributed by atoms with van der Waals surface area (Å²) in [5, 5.41) is 6.03. The number of nitrogens with zero attached hydrogens (tertiary/aromatic N) is 2. The van der Waals surface area contributed by atoms with Crippen LogP contribution in [0.1, 0.15) is 0 Å². The highest BCUT2D eigenvalue weighted by molar-refractivity contribution is 9.10. The maximum atomic E-state index is 13.6. The van der Waals surface area contributed by atoms with E-state index in [0.717, 1.165) is 10.2 Å². The zero-order chi connectivity index (χ0) is 15.4. The van der Waals surface area contributed by atoms with E-state index in [1.54, 1.807) is 30.5 Å². The molecule has 0 saturated heterocycles. The van der Waals surface area contributed by atoms with Gasteiger partial charge in [-0.15, -0.1) is 0 Å². The molecule has 3 aromatic rings. The number of benzene rings is 2. The van der Waals surface area contributed by atoms with Crippen molar-refractivity contribution in [2.24, 2.45) is 0 Å². The molecule has 0 spiro atoms. The van der Waals surface area contributed by atoms with E-state index in [4.69, 9.17) is 0 Å². The normalized spacial score (nSPS) is 10.3. The van der Waals surface area contributed by atoms with Gasteiger partial charge in [0.05, 0.1) is 5.69 Å². The van der Waals surface area contributed by atoms with E-state index in [1.807, 2.05) is 24.3 Å². The van der Waals surface area contributed by atoms with Gasteiger partial charge in [0.1, 0.15) is 11.6 Å². The van der Waals surface area contributed by atoms with Gasteiger partial charge in [0.2, 0.25) is 5.95 Å². The number of hydrogen-bond acceptors (Lipinski definition) is 4. The van der Waals surface area contributed by atoms with Crippen LogP contribution in [-0.2, 0) is 0 Å². The van der Waals surface area contributed by atoms with Crippen molar-refractivity contribution in [3.8, 4) is 0 Å². The third-order valence-electron chi connectivity index (χ3n) is 2.87. The number of hydrogen-bond donors (Lipinski definition) is 2. The Morgan fingerprint density at radius 1 is 0.955 bits per heavy atom. The largest absolute Gasteiger partial charge is 0.340 e. The lowest BCUT2D eigenvalue weighted by Crippen LogP contribution is -2.01. The summed E-state index contributed by atoms with van der Waals surface area (Å²) >= 11 is 3.42. The predicted octanol–water partition coefficient (Wildman–Crippen LogP) is 4.87. The molecule has 1 aromatic heterocycles. The van der Waals surface area contributed by atoms with Gasteiger partial charge >= 0.3 is 0 Å². The van der Waals surface area contributed by atoms with Crippen LogP contribution in [0.25, 0.3) is 0 Å². The van der Waals surface area contributed by atoms with Gasteiger partial charge in [0.15, 0.2) is 0 Å². The minimum absolute atomic E-state index is 0.324. The Hall–Kier alpha value is -2.47. The van der Waals surface area contributed by atoms with Gasteiger partial charge < -0.3 is 10.6 Å². The molecular formula is C16H12BrFN4. The number of anilines is 4. The van der Waals surface area contributed by atoms with Gasteiger partial charge in [0.25, 0.3) is 0 Å². The number of halogens is 2. The first-order valence-electron chi connectivity index (χ1n) is 6.58. The SMILES string of the molecule is Fc1ccccc1Nc1nccc(Nc2cccc(Br)c2)n1. The second-order valence-electron chi connectivity index (χ2n) is 4.51. The summed E-state index contributed by atoms with van der Waals surface area (Å²) in [6.07, 6.45) is 1.61. The molecular weight excluding hydrogens is 347 g/mol. The highest BCUT2D eigenvalue weighted by Gasteiger charge is 2.04. The fourth-order valence-corrected chi connectivity index (χ4v) is 2.28. The van der Waals surface area contributed by atoms with Gasteiger partial charge in [0, 0.05) is 16.4 Å². The van der Waals surface area contributed by atoms with Gasteiger partial charge in [-0.25, -0.2) is 9.37 Å². The van der Waals surface area contributed by atoms with E-state index in [2.05, 4.69) is 36.5 Å². The van der Waals surface area contributed by atoms with E-state index in [0.29, 0.717) is 17.5 Å². The Balaban J connectivity index is 1.79. The number of rotatable bonds is 4. The summed E-state index contributed by atoms with van der Waals surface area (Å²) < 4.78 is 14.6. The second kappa shape index (κ2) is 6.53. The lowest BCUT2D eigenvalue weighted by molar-refractivity contribution is 0.631. The topological polar surface area (TPSA) is 49.8 Å². The Labute approximate surface area is 135 Å². The molecule has 22 heavy (non-hydrogen) atoms. The average Bonchev–Trinajstić information content (AvgIpc) is 2.50. The van der Waals surface area contributed by atoms with Crippen LogP contribution >= 0.6 is 15.9 Å². The van der Waals surface area contributed by atoms with Crippen molar-refractivity contribution in [3.05, 3.63) is 71.1 Å². The molecule has 4 nitrogen and oxygen atoms in total. The van der Waals surface area contributed by atoms with Crippen molar-refractivity contribution in [3.63, 3.8) is 0 Å². The number of para-hydroxylation sites is 1. The van der Waals surface area contributed by atoms with Crippen LogP contribution in [0.2, 0.25) is 0 Å². The first-order valence-corrected chi connectivity index (χ1v) is 7.37. The molecule has 0 atom stereocenters. The van der Waals surface area contributed by atoms with E-state index in [9.17, 15) is 4.39 Å². The van der Waals surface area contributed by atoms with E-state index >= 15 is 0 Å². The van der Waals surface area contributed by atoms with E-state index in [1.165, 1.54) is 6.07 Å². The summed E-state index contributed by atoms with van der Waals surface area (Å²) in [7, 11) is 0. The average molecular weight is 359 g/mol. The molecule has 0 fully saturated rings. The molecule has 0 aliphatic carbocycles. The van der Waals surface area contributed by atoms with Gasteiger partial charge in [-0.3, -0.25) is 0 Å². The Morgan fingerprint density at radius 3 is 2.64 bits per heavy atom. The maximum Gasteiger partial charge on any atom is 0.229 e. The summed E-state index contributed by atoms with van der Waals surface area (Å²) in [6.45, 7) is 0. The van der Waals surface area contributed by atoms with Crippen molar-refractivity contribution < 1.29 is 4.39 Å². The Morgan fingerprint density at radius 2 is 1.82 bits per heavy atom.